The first-order valence-corrected chi connectivity index (χ1v) is 8.76. The maximum Gasteiger partial charge on any atom is 0.271 e. The molecule has 1 atom stereocenters. The zero-order valence-electron chi connectivity index (χ0n) is 13.3. The minimum Gasteiger partial charge on any atom is -0.334 e. The molecule has 1 saturated heterocycles. The van der Waals surface area contributed by atoms with Gasteiger partial charge in [0.1, 0.15) is 5.56 Å². The lowest BCUT2D eigenvalue weighted by Gasteiger charge is -2.24. The molecule has 24 heavy (non-hydrogen) atoms. The van der Waals surface area contributed by atoms with Gasteiger partial charge in [-0.25, -0.2) is 4.98 Å². The standard InChI is InChI=1S/C16H17N5O2S/c1-11-7-18-19(9-11)10-12-3-2-4-20(12)14(22)13-8-17-16-21(15(13)23)5-6-24-16/h5-9,12H,2-4,10H2,1H3/t12-/m1/s1. The molecule has 3 aromatic rings. The molecule has 7 nitrogen and oxygen atoms in total. The maximum absolute atomic E-state index is 12.9. The molecule has 0 radical (unpaired) electrons. The smallest absolute Gasteiger partial charge is 0.271 e. The number of likely N-dealkylation sites (tertiary alicyclic amines) is 1. The molecule has 1 fully saturated rings. The summed E-state index contributed by atoms with van der Waals surface area (Å²) >= 11 is 1.37. The number of aryl methyl sites for hydroxylation is 1. The van der Waals surface area contributed by atoms with Crippen LogP contribution in [0.1, 0.15) is 28.8 Å². The molecule has 4 heterocycles. The van der Waals surface area contributed by atoms with Crippen LogP contribution in [0.2, 0.25) is 0 Å². The molecule has 3 aromatic heterocycles. The zero-order valence-corrected chi connectivity index (χ0v) is 14.1. The third kappa shape index (κ3) is 2.52. The number of hydrogen-bond acceptors (Lipinski definition) is 5. The molecule has 0 unspecified atom stereocenters. The molecule has 0 N–H and O–H groups in total. The molecule has 0 spiro atoms. The molecule has 124 valence electrons. The molecule has 8 heteroatoms. The third-order valence-electron chi connectivity index (χ3n) is 4.37. The summed E-state index contributed by atoms with van der Waals surface area (Å²) in [6, 6.07) is 0.0550. The second-order valence-electron chi connectivity index (χ2n) is 6.07. The van der Waals surface area contributed by atoms with E-state index in [-0.39, 0.29) is 23.1 Å². The van der Waals surface area contributed by atoms with Crippen molar-refractivity contribution < 1.29 is 4.79 Å². The molecule has 0 bridgehead atoms. The van der Waals surface area contributed by atoms with E-state index in [1.165, 1.54) is 21.9 Å². The van der Waals surface area contributed by atoms with Gasteiger partial charge in [-0.3, -0.25) is 18.7 Å². The lowest BCUT2D eigenvalue weighted by Crippen LogP contribution is -2.40. The quantitative estimate of drug-likeness (QED) is 0.723. The number of nitrogens with zero attached hydrogens (tertiary/aromatic N) is 5. The first kappa shape index (κ1) is 15.1. The third-order valence-corrected chi connectivity index (χ3v) is 5.14. The van der Waals surface area contributed by atoms with Crippen molar-refractivity contribution in [2.24, 2.45) is 0 Å². The van der Waals surface area contributed by atoms with Gasteiger partial charge in [0.25, 0.3) is 11.5 Å². The van der Waals surface area contributed by atoms with E-state index >= 15 is 0 Å². The Morgan fingerprint density at radius 1 is 1.42 bits per heavy atom. The Bertz CT molecular complexity index is 957. The van der Waals surface area contributed by atoms with Crippen LogP contribution in [0.4, 0.5) is 0 Å². The van der Waals surface area contributed by atoms with Crippen molar-refractivity contribution in [3.8, 4) is 0 Å². The van der Waals surface area contributed by atoms with Gasteiger partial charge < -0.3 is 4.90 Å². The second kappa shape index (κ2) is 5.86. The van der Waals surface area contributed by atoms with Crippen LogP contribution in [-0.2, 0) is 6.54 Å². The van der Waals surface area contributed by atoms with Gasteiger partial charge in [0.05, 0.1) is 18.8 Å². The molecular weight excluding hydrogens is 326 g/mol. The van der Waals surface area contributed by atoms with Crippen LogP contribution in [0.25, 0.3) is 4.96 Å². The van der Waals surface area contributed by atoms with Gasteiger partial charge in [0.2, 0.25) is 0 Å². The van der Waals surface area contributed by atoms with Crippen LogP contribution in [-0.4, -0.2) is 42.6 Å². The van der Waals surface area contributed by atoms with E-state index in [1.54, 1.807) is 16.5 Å². The van der Waals surface area contributed by atoms with Crippen LogP contribution in [0, 0.1) is 6.92 Å². The Hall–Kier alpha value is -2.48. The Morgan fingerprint density at radius 2 is 2.29 bits per heavy atom. The molecule has 0 aliphatic carbocycles. The molecule has 0 saturated carbocycles. The van der Waals surface area contributed by atoms with E-state index < -0.39 is 0 Å². The first-order valence-electron chi connectivity index (χ1n) is 7.88. The van der Waals surface area contributed by atoms with E-state index in [0.29, 0.717) is 18.1 Å². The predicted octanol–water partition coefficient (Wildman–Crippen LogP) is 1.57. The van der Waals surface area contributed by atoms with Gasteiger partial charge in [-0.1, -0.05) is 0 Å². The highest BCUT2D eigenvalue weighted by Crippen LogP contribution is 2.21. The zero-order chi connectivity index (χ0) is 16.7. The number of carbonyl (C=O) groups excluding carboxylic acids is 1. The van der Waals surface area contributed by atoms with Crippen LogP contribution >= 0.6 is 11.3 Å². The normalized spacial score (nSPS) is 17.7. The summed E-state index contributed by atoms with van der Waals surface area (Å²) in [5.74, 6) is -0.237. The molecular formula is C16H17N5O2S. The van der Waals surface area contributed by atoms with Crippen molar-refractivity contribution in [3.05, 3.63) is 51.6 Å². The average Bonchev–Trinajstić information content (AvgIpc) is 3.28. The lowest BCUT2D eigenvalue weighted by atomic mass is 10.2. The SMILES string of the molecule is Cc1cnn(C[C@H]2CCCN2C(=O)c2cnc3sccn3c2=O)c1. The summed E-state index contributed by atoms with van der Waals surface area (Å²) in [6.07, 6.45) is 8.69. The molecule has 0 aromatic carbocycles. The van der Waals surface area contributed by atoms with Crippen molar-refractivity contribution >= 4 is 22.2 Å². The highest BCUT2D eigenvalue weighted by molar-refractivity contribution is 7.15. The molecule has 1 aliphatic rings. The highest BCUT2D eigenvalue weighted by atomic mass is 32.1. The lowest BCUT2D eigenvalue weighted by molar-refractivity contribution is 0.0719. The molecule has 4 rings (SSSR count). The van der Waals surface area contributed by atoms with E-state index in [2.05, 4.69) is 10.1 Å². The van der Waals surface area contributed by atoms with Crippen LogP contribution in [0.3, 0.4) is 0 Å². The van der Waals surface area contributed by atoms with Crippen molar-refractivity contribution in [2.45, 2.75) is 32.4 Å². The topological polar surface area (TPSA) is 72.5 Å². The number of rotatable bonds is 3. The Kier molecular flexibility index (Phi) is 3.68. The fourth-order valence-electron chi connectivity index (χ4n) is 3.20. The first-order chi connectivity index (χ1) is 11.6. The van der Waals surface area contributed by atoms with Crippen LogP contribution < -0.4 is 5.56 Å². The summed E-state index contributed by atoms with van der Waals surface area (Å²) < 4.78 is 3.29. The monoisotopic (exact) mass is 343 g/mol. The number of aromatic nitrogens is 4. The second-order valence-corrected chi connectivity index (χ2v) is 6.94. The van der Waals surface area contributed by atoms with E-state index in [0.717, 1.165) is 18.4 Å². The molecule has 1 aliphatic heterocycles. The minimum atomic E-state index is -0.299. The summed E-state index contributed by atoms with van der Waals surface area (Å²) in [7, 11) is 0. The van der Waals surface area contributed by atoms with Crippen molar-refractivity contribution in [1.82, 2.24) is 24.1 Å². The number of amides is 1. The van der Waals surface area contributed by atoms with E-state index in [9.17, 15) is 9.59 Å². The fourth-order valence-corrected chi connectivity index (χ4v) is 3.88. The number of thiazole rings is 1. The van der Waals surface area contributed by atoms with Gasteiger partial charge in [-0.2, -0.15) is 5.10 Å². The Balaban J connectivity index is 1.62. The summed E-state index contributed by atoms with van der Waals surface area (Å²) in [6.45, 7) is 3.30. The van der Waals surface area contributed by atoms with E-state index in [4.69, 9.17) is 0 Å². The summed E-state index contributed by atoms with van der Waals surface area (Å²) in [4.78, 5) is 32.0. The Morgan fingerprint density at radius 3 is 3.08 bits per heavy atom. The van der Waals surface area contributed by atoms with Gasteiger partial charge in [-0.15, -0.1) is 11.3 Å². The number of fused-ring (bicyclic) bond motifs is 1. The highest BCUT2D eigenvalue weighted by Gasteiger charge is 2.31. The van der Waals surface area contributed by atoms with Crippen LogP contribution in [0.15, 0.2) is 35.0 Å². The maximum atomic E-state index is 12.9. The van der Waals surface area contributed by atoms with Crippen LogP contribution in [0.5, 0.6) is 0 Å². The summed E-state index contributed by atoms with van der Waals surface area (Å²) in [5.41, 5.74) is 0.928. The van der Waals surface area contributed by atoms with E-state index in [1.807, 2.05) is 24.0 Å². The van der Waals surface area contributed by atoms with Crippen molar-refractivity contribution in [3.63, 3.8) is 0 Å². The van der Waals surface area contributed by atoms with Gasteiger partial charge >= 0.3 is 0 Å². The van der Waals surface area contributed by atoms with Gasteiger partial charge in [0.15, 0.2) is 4.96 Å². The van der Waals surface area contributed by atoms with Crippen molar-refractivity contribution in [1.29, 1.82) is 0 Å². The van der Waals surface area contributed by atoms with Crippen molar-refractivity contribution in [2.75, 3.05) is 6.54 Å². The average molecular weight is 343 g/mol. The molecule has 1 amide bonds. The fraction of sp³-hybridized carbons (Fsp3) is 0.375. The largest absolute Gasteiger partial charge is 0.334 e. The predicted molar refractivity (Wildman–Crippen MR) is 90.4 cm³/mol. The summed E-state index contributed by atoms with van der Waals surface area (Å²) in [5, 5.41) is 6.09. The Labute approximate surface area is 142 Å². The van der Waals surface area contributed by atoms with Gasteiger partial charge in [-0.05, 0) is 25.3 Å². The van der Waals surface area contributed by atoms with Gasteiger partial charge in [0, 0.05) is 30.5 Å². The number of carbonyl (C=O) groups is 1. The minimum absolute atomic E-state index is 0.0550. The number of hydrogen-bond donors (Lipinski definition) is 0.